The Morgan fingerprint density at radius 2 is 2.05 bits per heavy atom. The van der Waals surface area contributed by atoms with Crippen LogP contribution < -0.4 is 10.5 Å². The van der Waals surface area contributed by atoms with E-state index < -0.39 is 11.7 Å². The third-order valence-electron chi connectivity index (χ3n) is 3.05. The standard InChI is InChI=1S/C13H14F3NOS/c14-13(15,16)11-4-3-9(7-10(11)12(17)19)18-6-5-8-1-2-8/h3-4,7-8H,1-2,5-6H2,(H2,17,19). The molecule has 0 aliphatic heterocycles. The van der Waals surface area contributed by atoms with Crippen molar-refractivity contribution < 1.29 is 17.9 Å². The summed E-state index contributed by atoms with van der Waals surface area (Å²) in [5.74, 6) is 1.08. The van der Waals surface area contributed by atoms with Gasteiger partial charge in [-0.2, -0.15) is 13.2 Å². The Kier molecular flexibility index (Phi) is 3.99. The summed E-state index contributed by atoms with van der Waals surface area (Å²) >= 11 is 4.66. The van der Waals surface area contributed by atoms with Gasteiger partial charge in [-0.1, -0.05) is 25.1 Å². The number of alkyl halides is 3. The molecule has 0 unspecified atom stereocenters. The van der Waals surface area contributed by atoms with Crippen molar-refractivity contribution in [2.45, 2.75) is 25.4 Å². The van der Waals surface area contributed by atoms with Crippen LogP contribution in [-0.2, 0) is 6.18 Å². The molecular weight excluding hydrogens is 275 g/mol. The summed E-state index contributed by atoms with van der Waals surface area (Å²) in [5, 5.41) is 0. The smallest absolute Gasteiger partial charge is 0.417 e. The second-order valence-corrected chi connectivity index (χ2v) is 5.09. The van der Waals surface area contributed by atoms with Gasteiger partial charge in [0.05, 0.1) is 12.2 Å². The van der Waals surface area contributed by atoms with Crippen molar-refractivity contribution in [3.05, 3.63) is 29.3 Å². The summed E-state index contributed by atoms with van der Waals surface area (Å²) in [4.78, 5) is -0.278. The number of nitrogens with two attached hydrogens (primary N) is 1. The van der Waals surface area contributed by atoms with E-state index >= 15 is 0 Å². The van der Waals surface area contributed by atoms with Crippen molar-refractivity contribution in [2.24, 2.45) is 11.7 Å². The summed E-state index contributed by atoms with van der Waals surface area (Å²) in [5.41, 5.74) is 4.33. The quantitative estimate of drug-likeness (QED) is 0.842. The van der Waals surface area contributed by atoms with Gasteiger partial charge < -0.3 is 10.5 Å². The average Bonchev–Trinajstić information content (AvgIpc) is 3.11. The minimum atomic E-state index is -4.47. The maximum Gasteiger partial charge on any atom is 0.417 e. The first-order chi connectivity index (χ1) is 8.88. The number of ether oxygens (including phenoxy) is 1. The van der Waals surface area contributed by atoms with Crippen LogP contribution >= 0.6 is 12.2 Å². The molecule has 2 N–H and O–H groups in total. The molecule has 0 bridgehead atoms. The molecule has 0 heterocycles. The fourth-order valence-corrected chi connectivity index (χ4v) is 1.98. The molecule has 2 nitrogen and oxygen atoms in total. The molecule has 1 saturated carbocycles. The number of hydrogen-bond donors (Lipinski definition) is 1. The monoisotopic (exact) mass is 289 g/mol. The van der Waals surface area contributed by atoms with Crippen LogP contribution in [0.2, 0.25) is 0 Å². The van der Waals surface area contributed by atoms with Crippen molar-refractivity contribution in [1.29, 1.82) is 0 Å². The predicted octanol–water partition coefficient (Wildman–Crippen LogP) is 3.52. The molecule has 0 spiro atoms. The molecule has 6 heteroatoms. The average molecular weight is 289 g/mol. The summed E-state index contributed by atoms with van der Waals surface area (Å²) < 4.78 is 43.7. The Balaban J connectivity index is 2.13. The van der Waals surface area contributed by atoms with E-state index in [1.807, 2.05) is 0 Å². The first kappa shape index (κ1) is 14.1. The first-order valence-electron chi connectivity index (χ1n) is 6.02. The molecule has 2 rings (SSSR count). The Morgan fingerprint density at radius 1 is 1.37 bits per heavy atom. The lowest BCUT2D eigenvalue weighted by molar-refractivity contribution is -0.137. The van der Waals surface area contributed by atoms with Crippen LogP contribution in [0.25, 0.3) is 0 Å². The van der Waals surface area contributed by atoms with E-state index in [-0.39, 0.29) is 10.6 Å². The van der Waals surface area contributed by atoms with E-state index in [1.54, 1.807) is 0 Å². The third kappa shape index (κ3) is 3.83. The first-order valence-corrected chi connectivity index (χ1v) is 6.42. The fourth-order valence-electron chi connectivity index (χ4n) is 1.81. The van der Waals surface area contributed by atoms with Crippen LogP contribution in [0.5, 0.6) is 5.75 Å². The third-order valence-corrected chi connectivity index (χ3v) is 3.27. The van der Waals surface area contributed by atoms with Gasteiger partial charge in [0, 0.05) is 5.56 Å². The van der Waals surface area contributed by atoms with E-state index in [0.29, 0.717) is 18.3 Å². The molecule has 104 valence electrons. The molecular formula is C13H14F3NOS. The van der Waals surface area contributed by atoms with Gasteiger partial charge in [-0.25, -0.2) is 0 Å². The molecule has 19 heavy (non-hydrogen) atoms. The molecule has 1 fully saturated rings. The SMILES string of the molecule is NC(=S)c1cc(OCCC2CC2)ccc1C(F)(F)F. The van der Waals surface area contributed by atoms with Crippen molar-refractivity contribution in [1.82, 2.24) is 0 Å². The lowest BCUT2D eigenvalue weighted by Crippen LogP contribution is -2.18. The van der Waals surface area contributed by atoms with Gasteiger partial charge in [0.25, 0.3) is 0 Å². The van der Waals surface area contributed by atoms with Crippen molar-refractivity contribution in [2.75, 3.05) is 6.61 Å². The number of benzene rings is 1. The highest BCUT2D eigenvalue weighted by molar-refractivity contribution is 7.80. The minimum absolute atomic E-state index is 0.188. The highest BCUT2D eigenvalue weighted by Gasteiger charge is 2.34. The van der Waals surface area contributed by atoms with E-state index in [4.69, 9.17) is 10.5 Å². The number of rotatable bonds is 5. The van der Waals surface area contributed by atoms with Gasteiger partial charge in [-0.15, -0.1) is 0 Å². The number of halogens is 3. The van der Waals surface area contributed by atoms with Crippen LogP contribution in [0, 0.1) is 5.92 Å². The summed E-state index contributed by atoms with van der Waals surface area (Å²) in [7, 11) is 0. The van der Waals surface area contributed by atoms with Crippen LogP contribution in [0.1, 0.15) is 30.4 Å². The van der Waals surface area contributed by atoms with E-state index in [2.05, 4.69) is 12.2 Å². The van der Waals surface area contributed by atoms with Gasteiger partial charge >= 0.3 is 6.18 Å². The second kappa shape index (κ2) is 5.36. The maximum atomic E-state index is 12.8. The largest absolute Gasteiger partial charge is 0.494 e. The van der Waals surface area contributed by atoms with Crippen LogP contribution in [-0.4, -0.2) is 11.6 Å². The van der Waals surface area contributed by atoms with Crippen LogP contribution in [0.4, 0.5) is 13.2 Å². The maximum absolute atomic E-state index is 12.8. The summed E-state index contributed by atoms with van der Waals surface area (Å²) in [6.45, 7) is 0.507. The molecule has 1 aliphatic carbocycles. The molecule has 1 aliphatic rings. The molecule has 0 amide bonds. The van der Waals surface area contributed by atoms with Gasteiger partial charge in [-0.3, -0.25) is 0 Å². The zero-order valence-electron chi connectivity index (χ0n) is 10.2. The Hall–Kier alpha value is -1.30. The highest BCUT2D eigenvalue weighted by Crippen LogP contribution is 2.35. The molecule has 1 aromatic carbocycles. The van der Waals surface area contributed by atoms with Crippen LogP contribution in [0.15, 0.2) is 18.2 Å². The topological polar surface area (TPSA) is 35.2 Å². The van der Waals surface area contributed by atoms with Crippen LogP contribution in [0.3, 0.4) is 0 Å². The Bertz CT molecular complexity index is 483. The van der Waals surface area contributed by atoms with Gasteiger partial charge in [0.15, 0.2) is 0 Å². The Labute approximate surface area is 114 Å². The molecule has 1 aromatic rings. The predicted molar refractivity (Wildman–Crippen MR) is 70.2 cm³/mol. The minimum Gasteiger partial charge on any atom is -0.494 e. The van der Waals surface area contributed by atoms with Gasteiger partial charge in [-0.05, 0) is 30.5 Å². The zero-order valence-corrected chi connectivity index (χ0v) is 11.0. The zero-order chi connectivity index (χ0) is 14.0. The van der Waals surface area contributed by atoms with Crippen molar-refractivity contribution in [3.63, 3.8) is 0 Å². The summed E-state index contributed by atoms with van der Waals surface area (Å²) in [6, 6.07) is 3.52. The van der Waals surface area contributed by atoms with E-state index in [0.717, 1.165) is 12.5 Å². The lowest BCUT2D eigenvalue weighted by Gasteiger charge is -2.14. The van der Waals surface area contributed by atoms with E-state index in [1.165, 1.54) is 25.0 Å². The molecule has 0 saturated heterocycles. The summed E-state index contributed by atoms with van der Waals surface area (Å²) in [6.07, 6.45) is -1.10. The Morgan fingerprint density at radius 3 is 2.58 bits per heavy atom. The second-order valence-electron chi connectivity index (χ2n) is 4.65. The normalized spacial score (nSPS) is 15.3. The number of thiocarbonyl (C=S) groups is 1. The van der Waals surface area contributed by atoms with E-state index in [9.17, 15) is 13.2 Å². The molecule has 0 aromatic heterocycles. The van der Waals surface area contributed by atoms with Gasteiger partial charge in [0.2, 0.25) is 0 Å². The van der Waals surface area contributed by atoms with Gasteiger partial charge in [0.1, 0.15) is 10.7 Å². The molecule has 0 atom stereocenters. The highest BCUT2D eigenvalue weighted by atomic mass is 32.1. The lowest BCUT2D eigenvalue weighted by atomic mass is 10.1. The molecule has 0 radical (unpaired) electrons. The fraction of sp³-hybridized carbons (Fsp3) is 0.462. The van der Waals surface area contributed by atoms with Crippen molar-refractivity contribution >= 4 is 17.2 Å². The van der Waals surface area contributed by atoms with Crippen molar-refractivity contribution in [3.8, 4) is 5.75 Å². The number of hydrogen-bond acceptors (Lipinski definition) is 2.